The Bertz CT molecular complexity index is 394. The molecule has 1 aromatic rings. The van der Waals surface area contributed by atoms with Crippen molar-refractivity contribution in [2.24, 2.45) is 0 Å². The van der Waals surface area contributed by atoms with Crippen molar-refractivity contribution in [1.82, 2.24) is 10.6 Å². The second-order valence-electron chi connectivity index (χ2n) is 4.24. The molecule has 1 amide bonds. The molecule has 1 saturated heterocycles. The highest BCUT2D eigenvalue weighted by molar-refractivity contribution is 5.95. The first kappa shape index (κ1) is 11.7. The molecule has 2 rings (SSSR count). The van der Waals surface area contributed by atoms with Gasteiger partial charge in [-0.1, -0.05) is 0 Å². The minimum atomic E-state index is -0.287. The summed E-state index contributed by atoms with van der Waals surface area (Å²) in [7, 11) is 0. The number of nitrogens with one attached hydrogen (secondary N) is 2. The summed E-state index contributed by atoms with van der Waals surface area (Å²) in [4.78, 5) is 11.7. The highest BCUT2D eigenvalue weighted by Crippen LogP contribution is 2.20. The molecule has 4 N–H and O–H groups in total. The van der Waals surface area contributed by atoms with Gasteiger partial charge in [0.2, 0.25) is 0 Å². The fourth-order valence-corrected chi connectivity index (χ4v) is 1.98. The third-order valence-corrected chi connectivity index (χ3v) is 2.84. The van der Waals surface area contributed by atoms with Gasteiger partial charge in [-0.2, -0.15) is 0 Å². The largest absolute Gasteiger partial charge is 0.508 e. The first-order chi connectivity index (χ1) is 8.15. The predicted molar refractivity (Wildman–Crippen MR) is 63.1 cm³/mol. The lowest BCUT2D eigenvalue weighted by molar-refractivity contribution is 0.0949. The van der Waals surface area contributed by atoms with Crippen LogP contribution in [0.4, 0.5) is 0 Å². The summed E-state index contributed by atoms with van der Waals surface area (Å²) in [6.45, 7) is 1.56. The topological polar surface area (TPSA) is 81.6 Å². The number of amides is 1. The van der Waals surface area contributed by atoms with Crippen LogP contribution < -0.4 is 10.6 Å². The second-order valence-corrected chi connectivity index (χ2v) is 4.24. The van der Waals surface area contributed by atoms with E-state index in [0.717, 1.165) is 19.4 Å². The van der Waals surface area contributed by atoms with E-state index in [9.17, 15) is 15.0 Å². The van der Waals surface area contributed by atoms with Crippen LogP contribution in [-0.2, 0) is 0 Å². The minimum Gasteiger partial charge on any atom is -0.508 e. The van der Waals surface area contributed by atoms with Crippen molar-refractivity contribution in [3.05, 3.63) is 23.8 Å². The number of carbonyl (C=O) groups excluding carboxylic acids is 1. The molecule has 0 aliphatic carbocycles. The number of phenols is 2. The molecule has 1 aliphatic rings. The smallest absolute Gasteiger partial charge is 0.251 e. The number of aromatic hydroxyl groups is 2. The molecular weight excluding hydrogens is 220 g/mol. The molecule has 0 spiro atoms. The molecule has 1 aliphatic heterocycles. The van der Waals surface area contributed by atoms with Crippen molar-refractivity contribution in [3.63, 3.8) is 0 Å². The Morgan fingerprint density at radius 3 is 2.65 bits per heavy atom. The summed E-state index contributed by atoms with van der Waals surface area (Å²) >= 11 is 0. The minimum absolute atomic E-state index is 0.117. The van der Waals surface area contributed by atoms with Crippen LogP contribution in [-0.4, -0.2) is 35.3 Å². The van der Waals surface area contributed by atoms with E-state index in [-0.39, 0.29) is 23.0 Å². The van der Waals surface area contributed by atoms with Crippen LogP contribution in [0.25, 0.3) is 0 Å². The van der Waals surface area contributed by atoms with Crippen molar-refractivity contribution < 1.29 is 15.0 Å². The van der Waals surface area contributed by atoms with Crippen molar-refractivity contribution in [2.75, 3.05) is 13.1 Å². The van der Waals surface area contributed by atoms with Gasteiger partial charge in [0.15, 0.2) is 0 Å². The van der Waals surface area contributed by atoms with Crippen LogP contribution in [0.15, 0.2) is 18.2 Å². The molecule has 0 aromatic heterocycles. The van der Waals surface area contributed by atoms with Gasteiger partial charge in [-0.25, -0.2) is 0 Å². The fourth-order valence-electron chi connectivity index (χ4n) is 1.98. The Morgan fingerprint density at radius 2 is 2.06 bits per heavy atom. The molecule has 17 heavy (non-hydrogen) atoms. The van der Waals surface area contributed by atoms with E-state index < -0.39 is 0 Å². The van der Waals surface area contributed by atoms with Gasteiger partial charge in [0.05, 0.1) is 0 Å². The van der Waals surface area contributed by atoms with E-state index in [2.05, 4.69) is 10.6 Å². The van der Waals surface area contributed by atoms with Crippen molar-refractivity contribution in [1.29, 1.82) is 0 Å². The van der Waals surface area contributed by atoms with Gasteiger partial charge in [0, 0.05) is 24.2 Å². The highest BCUT2D eigenvalue weighted by Gasteiger charge is 2.15. The fraction of sp³-hybridized carbons (Fsp3) is 0.417. The van der Waals surface area contributed by atoms with E-state index in [1.807, 2.05) is 0 Å². The number of hydrogen-bond acceptors (Lipinski definition) is 4. The van der Waals surface area contributed by atoms with E-state index in [1.165, 1.54) is 18.2 Å². The van der Waals surface area contributed by atoms with Crippen LogP contribution in [0.3, 0.4) is 0 Å². The molecule has 0 bridgehead atoms. The molecule has 5 nitrogen and oxygen atoms in total. The number of benzene rings is 1. The molecule has 92 valence electrons. The number of carbonyl (C=O) groups is 1. The van der Waals surface area contributed by atoms with Crippen molar-refractivity contribution in [3.8, 4) is 11.5 Å². The standard InChI is InChI=1S/C12H16N2O3/c15-10-4-8(5-11(16)6-10)12(17)14-7-9-2-1-3-13-9/h4-6,9,13,15-16H,1-3,7H2,(H,14,17). The summed E-state index contributed by atoms with van der Waals surface area (Å²) in [6, 6.07) is 4.17. The molecule has 1 atom stereocenters. The highest BCUT2D eigenvalue weighted by atomic mass is 16.3. The van der Waals surface area contributed by atoms with Crippen LogP contribution in [0.2, 0.25) is 0 Å². The molecule has 1 unspecified atom stereocenters. The van der Waals surface area contributed by atoms with E-state index in [4.69, 9.17) is 0 Å². The lowest BCUT2D eigenvalue weighted by atomic mass is 10.1. The van der Waals surface area contributed by atoms with E-state index in [1.54, 1.807) is 0 Å². The van der Waals surface area contributed by atoms with Gasteiger partial charge >= 0.3 is 0 Å². The normalized spacial score (nSPS) is 19.2. The Balaban J connectivity index is 1.94. The molecular formula is C12H16N2O3. The quantitative estimate of drug-likeness (QED) is 0.619. The van der Waals surface area contributed by atoms with Gasteiger partial charge in [-0.15, -0.1) is 0 Å². The average molecular weight is 236 g/mol. The van der Waals surface area contributed by atoms with Crippen molar-refractivity contribution >= 4 is 5.91 Å². The zero-order chi connectivity index (χ0) is 12.3. The lowest BCUT2D eigenvalue weighted by Crippen LogP contribution is -2.37. The van der Waals surface area contributed by atoms with Crippen molar-refractivity contribution in [2.45, 2.75) is 18.9 Å². The Labute approximate surface area is 99.5 Å². The third-order valence-electron chi connectivity index (χ3n) is 2.84. The molecule has 1 aromatic carbocycles. The van der Waals surface area contributed by atoms with Gasteiger partial charge in [-0.3, -0.25) is 4.79 Å². The van der Waals surface area contributed by atoms with Crippen LogP contribution >= 0.6 is 0 Å². The zero-order valence-corrected chi connectivity index (χ0v) is 9.44. The van der Waals surface area contributed by atoms with Gasteiger partial charge in [-0.05, 0) is 31.5 Å². The molecule has 0 saturated carbocycles. The van der Waals surface area contributed by atoms with Crippen LogP contribution in [0, 0.1) is 0 Å². The van der Waals surface area contributed by atoms with Gasteiger partial charge in [0.25, 0.3) is 5.91 Å². The molecule has 0 radical (unpaired) electrons. The number of phenolic OH excluding ortho intramolecular Hbond substituents is 2. The molecule has 5 heteroatoms. The number of hydrogen-bond donors (Lipinski definition) is 4. The summed E-state index contributed by atoms with van der Waals surface area (Å²) in [5, 5.41) is 24.6. The predicted octanol–water partition coefficient (Wildman–Crippen LogP) is 0.580. The Hall–Kier alpha value is -1.75. The Morgan fingerprint density at radius 1 is 1.35 bits per heavy atom. The summed E-state index contributed by atoms with van der Waals surface area (Å²) in [5.41, 5.74) is 0.264. The summed E-state index contributed by atoms with van der Waals surface area (Å²) in [5.74, 6) is -0.520. The van der Waals surface area contributed by atoms with Crippen LogP contribution in [0.1, 0.15) is 23.2 Å². The third kappa shape index (κ3) is 3.10. The second kappa shape index (κ2) is 5.05. The first-order valence-electron chi connectivity index (χ1n) is 5.70. The lowest BCUT2D eigenvalue weighted by Gasteiger charge is -2.11. The SMILES string of the molecule is O=C(NCC1CCCN1)c1cc(O)cc(O)c1. The van der Waals surface area contributed by atoms with E-state index in [0.29, 0.717) is 12.6 Å². The monoisotopic (exact) mass is 236 g/mol. The first-order valence-corrected chi connectivity index (χ1v) is 5.70. The molecule has 1 fully saturated rings. The van der Waals surface area contributed by atoms with E-state index >= 15 is 0 Å². The Kier molecular flexibility index (Phi) is 3.49. The maximum absolute atomic E-state index is 11.7. The molecule has 1 heterocycles. The van der Waals surface area contributed by atoms with Gasteiger partial charge in [0.1, 0.15) is 11.5 Å². The van der Waals surface area contributed by atoms with Gasteiger partial charge < -0.3 is 20.8 Å². The summed E-state index contributed by atoms with van der Waals surface area (Å²) in [6.07, 6.45) is 2.19. The maximum Gasteiger partial charge on any atom is 0.251 e. The summed E-state index contributed by atoms with van der Waals surface area (Å²) < 4.78 is 0. The number of rotatable bonds is 3. The zero-order valence-electron chi connectivity index (χ0n) is 9.44. The maximum atomic E-state index is 11.7. The average Bonchev–Trinajstić information content (AvgIpc) is 2.77. The van der Waals surface area contributed by atoms with Crippen LogP contribution in [0.5, 0.6) is 11.5 Å².